The number of nitrogens with one attached hydrogen (secondary N) is 1. The first-order valence-electron chi connectivity index (χ1n) is 3.59. The van der Waals surface area contributed by atoms with Crippen LogP contribution in [0.5, 0.6) is 0 Å². The van der Waals surface area contributed by atoms with E-state index in [2.05, 4.69) is 4.98 Å². The summed E-state index contributed by atoms with van der Waals surface area (Å²) < 4.78 is 13.0. The Hall–Kier alpha value is -1.91. The predicted molar refractivity (Wildman–Crippen MR) is 44.9 cm³/mol. The largest absolute Gasteiger partial charge is 0.361 e. The molecule has 4 nitrogen and oxygen atoms in total. The van der Waals surface area contributed by atoms with E-state index in [9.17, 15) is 14.5 Å². The van der Waals surface area contributed by atoms with Crippen molar-refractivity contribution < 1.29 is 9.31 Å². The molecule has 2 rings (SSSR count). The zero-order valence-electron chi connectivity index (χ0n) is 6.45. The quantitative estimate of drug-likeness (QED) is 0.540. The van der Waals surface area contributed by atoms with Crippen molar-refractivity contribution in [3.63, 3.8) is 0 Å². The molecule has 0 saturated heterocycles. The predicted octanol–water partition coefficient (Wildman–Crippen LogP) is 2.22. The molecular weight excluding hydrogens is 175 g/mol. The maximum atomic E-state index is 13.0. The van der Waals surface area contributed by atoms with Crippen LogP contribution in [0.4, 0.5) is 10.1 Å². The summed E-state index contributed by atoms with van der Waals surface area (Å²) in [5.41, 5.74) is 0.0650. The van der Waals surface area contributed by atoms with E-state index in [1.807, 2.05) is 0 Å². The summed E-state index contributed by atoms with van der Waals surface area (Å²) in [6.45, 7) is 0. The van der Waals surface area contributed by atoms with Crippen molar-refractivity contribution in [3.8, 4) is 0 Å². The number of nitrogens with zero attached hydrogens (tertiary/aromatic N) is 1. The van der Waals surface area contributed by atoms with Gasteiger partial charge in [0.2, 0.25) is 5.82 Å². The van der Waals surface area contributed by atoms with Crippen molar-refractivity contribution >= 4 is 16.6 Å². The van der Waals surface area contributed by atoms with Gasteiger partial charge in [-0.3, -0.25) is 10.1 Å². The van der Waals surface area contributed by atoms with Crippen molar-refractivity contribution in [1.82, 2.24) is 4.98 Å². The van der Waals surface area contributed by atoms with Crippen molar-refractivity contribution in [2.45, 2.75) is 0 Å². The molecule has 1 heterocycles. The summed E-state index contributed by atoms with van der Waals surface area (Å²) in [7, 11) is 0. The summed E-state index contributed by atoms with van der Waals surface area (Å²) in [4.78, 5) is 12.4. The highest BCUT2D eigenvalue weighted by atomic mass is 19.1. The number of aromatic amines is 1. The number of benzene rings is 1. The van der Waals surface area contributed by atoms with Crippen LogP contribution in [-0.4, -0.2) is 9.91 Å². The standard InChI is InChI=1S/C8H5FN2O2/c9-6-4-7-5(1-2-10-7)3-8(6)11(12)13/h1-4,10H. The van der Waals surface area contributed by atoms with Crippen LogP contribution >= 0.6 is 0 Å². The monoisotopic (exact) mass is 180 g/mol. The third kappa shape index (κ3) is 1.14. The SMILES string of the molecule is O=[N+]([O-])c1cc2cc[nH]c2cc1F. The van der Waals surface area contributed by atoms with E-state index in [-0.39, 0.29) is 0 Å². The van der Waals surface area contributed by atoms with E-state index >= 15 is 0 Å². The van der Waals surface area contributed by atoms with E-state index < -0.39 is 16.4 Å². The van der Waals surface area contributed by atoms with Gasteiger partial charge < -0.3 is 4.98 Å². The van der Waals surface area contributed by atoms with Gasteiger partial charge in [0, 0.05) is 29.2 Å². The molecule has 0 radical (unpaired) electrons. The lowest BCUT2D eigenvalue weighted by Crippen LogP contribution is -1.91. The fourth-order valence-corrected chi connectivity index (χ4v) is 1.20. The lowest BCUT2D eigenvalue weighted by Gasteiger charge is -1.93. The van der Waals surface area contributed by atoms with Crippen LogP contribution in [0.3, 0.4) is 0 Å². The lowest BCUT2D eigenvalue weighted by molar-refractivity contribution is -0.387. The molecular formula is C8H5FN2O2. The van der Waals surface area contributed by atoms with Crippen LogP contribution in [0.25, 0.3) is 10.9 Å². The van der Waals surface area contributed by atoms with Gasteiger partial charge in [0.25, 0.3) is 0 Å². The Kier molecular flexibility index (Phi) is 1.51. The summed E-state index contributed by atoms with van der Waals surface area (Å²) in [5.74, 6) is -0.819. The minimum absolute atomic E-state index is 0.493. The fourth-order valence-electron chi connectivity index (χ4n) is 1.20. The van der Waals surface area contributed by atoms with Crippen LogP contribution in [0.1, 0.15) is 0 Å². The number of nitro benzene ring substituents is 1. The summed E-state index contributed by atoms with van der Waals surface area (Å²) in [6.07, 6.45) is 1.60. The highest BCUT2D eigenvalue weighted by Gasteiger charge is 2.14. The van der Waals surface area contributed by atoms with Crippen LogP contribution in [0, 0.1) is 15.9 Å². The number of aromatic nitrogens is 1. The van der Waals surface area contributed by atoms with Gasteiger partial charge in [-0.15, -0.1) is 0 Å². The molecule has 5 heteroatoms. The fraction of sp³-hybridized carbons (Fsp3) is 0. The molecule has 0 bridgehead atoms. The van der Waals surface area contributed by atoms with Gasteiger partial charge in [-0.1, -0.05) is 0 Å². The molecule has 0 amide bonds. The number of halogens is 1. The number of hydrogen-bond acceptors (Lipinski definition) is 2. The first kappa shape index (κ1) is 7.72. The first-order chi connectivity index (χ1) is 6.18. The molecule has 0 aliphatic heterocycles. The Labute approximate surface area is 72.1 Å². The van der Waals surface area contributed by atoms with Gasteiger partial charge >= 0.3 is 5.69 Å². The number of fused-ring (bicyclic) bond motifs is 1. The lowest BCUT2D eigenvalue weighted by atomic mass is 10.2. The second-order valence-corrected chi connectivity index (χ2v) is 2.63. The maximum absolute atomic E-state index is 13.0. The molecule has 0 fully saturated rings. The van der Waals surface area contributed by atoms with Crippen LogP contribution in [0.15, 0.2) is 24.4 Å². The number of hydrogen-bond donors (Lipinski definition) is 1. The molecule has 66 valence electrons. The minimum atomic E-state index is -0.819. The van der Waals surface area contributed by atoms with Crippen molar-refractivity contribution in [1.29, 1.82) is 0 Å². The maximum Gasteiger partial charge on any atom is 0.305 e. The summed E-state index contributed by atoms with van der Waals surface area (Å²) in [6, 6.07) is 3.98. The second-order valence-electron chi connectivity index (χ2n) is 2.63. The molecule has 1 N–H and O–H groups in total. The molecule has 1 aromatic carbocycles. The molecule has 1 aromatic heterocycles. The third-order valence-corrected chi connectivity index (χ3v) is 1.82. The highest BCUT2D eigenvalue weighted by Crippen LogP contribution is 2.23. The van der Waals surface area contributed by atoms with Gasteiger partial charge in [0.05, 0.1) is 4.92 Å². The van der Waals surface area contributed by atoms with Crippen LogP contribution in [-0.2, 0) is 0 Å². The number of H-pyrrole nitrogens is 1. The molecule has 0 spiro atoms. The van der Waals surface area contributed by atoms with Crippen molar-refractivity contribution in [2.75, 3.05) is 0 Å². The van der Waals surface area contributed by atoms with E-state index in [1.165, 1.54) is 6.07 Å². The van der Waals surface area contributed by atoms with E-state index in [1.54, 1.807) is 12.3 Å². The van der Waals surface area contributed by atoms with E-state index in [0.29, 0.717) is 10.9 Å². The third-order valence-electron chi connectivity index (χ3n) is 1.82. The molecule has 0 aliphatic carbocycles. The summed E-state index contributed by atoms with van der Waals surface area (Å²) >= 11 is 0. The zero-order chi connectivity index (χ0) is 9.42. The van der Waals surface area contributed by atoms with E-state index in [0.717, 1.165) is 6.07 Å². The Morgan fingerprint density at radius 3 is 2.92 bits per heavy atom. The van der Waals surface area contributed by atoms with Gasteiger partial charge in [-0.2, -0.15) is 4.39 Å². The van der Waals surface area contributed by atoms with Crippen molar-refractivity contribution in [3.05, 3.63) is 40.3 Å². The highest BCUT2D eigenvalue weighted by molar-refractivity contribution is 5.81. The Bertz CT molecular complexity index is 478. The Morgan fingerprint density at radius 1 is 1.46 bits per heavy atom. The van der Waals surface area contributed by atoms with Crippen LogP contribution < -0.4 is 0 Å². The number of rotatable bonds is 1. The zero-order valence-corrected chi connectivity index (χ0v) is 6.45. The average Bonchev–Trinajstić information content (AvgIpc) is 2.48. The average molecular weight is 180 g/mol. The topological polar surface area (TPSA) is 58.9 Å². The Morgan fingerprint density at radius 2 is 2.23 bits per heavy atom. The molecule has 0 saturated carbocycles. The Balaban J connectivity index is 2.76. The molecule has 0 atom stereocenters. The molecule has 0 aliphatic rings. The minimum Gasteiger partial charge on any atom is -0.361 e. The first-order valence-corrected chi connectivity index (χ1v) is 3.59. The van der Waals surface area contributed by atoms with Gasteiger partial charge in [0.15, 0.2) is 0 Å². The molecule has 0 unspecified atom stereocenters. The molecule has 13 heavy (non-hydrogen) atoms. The summed E-state index contributed by atoms with van der Waals surface area (Å²) in [5, 5.41) is 11.0. The van der Waals surface area contributed by atoms with E-state index in [4.69, 9.17) is 0 Å². The second kappa shape index (κ2) is 2.55. The number of nitro groups is 1. The van der Waals surface area contributed by atoms with Gasteiger partial charge in [-0.25, -0.2) is 0 Å². The van der Waals surface area contributed by atoms with Crippen LogP contribution in [0.2, 0.25) is 0 Å². The van der Waals surface area contributed by atoms with Crippen molar-refractivity contribution in [2.24, 2.45) is 0 Å². The van der Waals surface area contributed by atoms with Gasteiger partial charge in [-0.05, 0) is 6.07 Å². The smallest absolute Gasteiger partial charge is 0.305 e. The normalized spacial score (nSPS) is 10.5. The van der Waals surface area contributed by atoms with Gasteiger partial charge in [0.1, 0.15) is 0 Å². The molecule has 2 aromatic rings.